The molecule has 32 heavy (non-hydrogen) atoms. The van der Waals surface area contributed by atoms with Crippen molar-refractivity contribution in [3.63, 3.8) is 0 Å². The third-order valence-electron chi connectivity index (χ3n) is 4.25. The Bertz CT molecular complexity index is 1320. The fraction of sp³-hybridized carbons (Fsp3) is 0.286. The van der Waals surface area contributed by atoms with Crippen molar-refractivity contribution in [2.45, 2.75) is 38.3 Å². The van der Waals surface area contributed by atoms with Gasteiger partial charge in [-0.15, -0.1) is 0 Å². The van der Waals surface area contributed by atoms with Gasteiger partial charge >= 0.3 is 5.97 Å². The van der Waals surface area contributed by atoms with Crippen LogP contribution in [-0.4, -0.2) is 37.6 Å². The fourth-order valence-corrected chi connectivity index (χ4v) is 4.59. The molecule has 1 amide bonds. The minimum absolute atomic E-state index is 0.00356. The lowest BCUT2D eigenvalue weighted by atomic mass is 10.2. The maximum atomic E-state index is 12.8. The Labute approximate surface area is 189 Å². The van der Waals surface area contributed by atoms with Crippen molar-refractivity contribution in [2.24, 2.45) is 10.1 Å². The number of carbonyl (C=O) groups excluding carboxylic acids is 2. The predicted molar refractivity (Wildman–Crippen MR) is 120 cm³/mol. The first kappa shape index (κ1) is 23.6. The average molecular weight is 478 g/mol. The number of carbonyl (C=O) groups is 2. The molecule has 0 fully saturated rings. The second-order valence-corrected chi connectivity index (χ2v) is 9.63. The number of benzene rings is 2. The van der Waals surface area contributed by atoms with Gasteiger partial charge in [-0.25, -0.2) is 13.6 Å². The summed E-state index contributed by atoms with van der Waals surface area (Å²) < 4.78 is 36.0. The van der Waals surface area contributed by atoms with Crippen LogP contribution in [0.4, 0.5) is 0 Å². The number of hydrogen-bond donors (Lipinski definition) is 1. The van der Waals surface area contributed by atoms with Gasteiger partial charge in [0.25, 0.3) is 5.91 Å². The highest BCUT2D eigenvalue weighted by molar-refractivity contribution is 7.89. The number of thiazole rings is 1. The van der Waals surface area contributed by atoms with Gasteiger partial charge < -0.3 is 14.0 Å². The molecular weight excluding hydrogens is 454 g/mol. The van der Waals surface area contributed by atoms with E-state index in [0.717, 1.165) is 11.3 Å². The average Bonchev–Trinajstić information content (AvgIpc) is 3.03. The molecule has 0 unspecified atom stereocenters. The normalized spacial score (nSPS) is 12.3. The van der Waals surface area contributed by atoms with Crippen molar-refractivity contribution < 1.29 is 27.5 Å². The topological polar surface area (TPSA) is 130 Å². The zero-order valence-corrected chi connectivity index (χ0v) is 19.4. The Morgan fingerprint density at radius 1 is 1.16 bits per heavy atom. The van der Waals surface area contributed by atoms with Crippen molar-refractivity contribution in [3.8, 4) is 5.75 Å². The molecule has 0 bridgehead atoms. The van der Waals surface area contributed by atoms with Crippen molar-refractivity contribution in [1.29, 1.82) is 0 Å². The third-order valence-corrected chi connectivity index (χ3v) is 6.20. The molecule has 170 valence electrons. The highest BCUT2D eigenvalue weighted by atomic mass is 32.2. The predicted octanol–water partition coefficient (Wildman–Crippen LogP) is 2.44. The lowest BCUT2D eigenvalue weighted by molar-refractivity contribution is -0.143. The summed E-state index contributed by atoms with van der Waals surface area (Å²) in [5.74, 6) is -0.393. The van der Waals surface area contributed by atoms with Crippen molar-refractivity contribution in [2.75, 3.05) is 6.61 Å². The zero-order chi connectivity index (χ0) is 23.5. The van der Waals surface area contributed by atoms with Crippen molar-refractivity contribution in [1.82, 2.24) is 4.57 Å². The molecule has 2 N–H and O–H groups in total. The van der Waals surface area contributed by atoms with E-state index in [4.69, 9.17) is 14.6 Å². The molecule has 3 rings (SSSR count). The van der Waals surface area contributed by atoms with Crippen LogP contribution >= 0.6 is 11.3 Å². The largest absolute Gasteiger partial charge is 0.491 e. The number of esters is 1. The Kier molecular flexibility index (Phi) is 7.12. The number of amides is 1. The van der Waals surface area contributed by atoms with E-state index in [0.29, 0.717) is 21.5 Å². The Morgan fingerprint density at radius 2 is 1.84 bits per heavy atom. The minimum atomic E-state index is -3.91. The summed E-state index contributed by atoms with van der Waals surface area (Å²) in [5, 5.41) is 5.22. The van der Waals surface area contributed by atoms with Crippen molar-refractivity contribution in [3.05, 3.63) is 52.8 Å². The summed E-state index contributed by atoms with van der Waals surface area (Å²) in [6.07, 6.45) is 0.00356. The summed E-state index contributed by atoms with van der Waals surface area (Å²) in [4.78, 5) is 29.2. The van der Waals surface area contributed by atoms with Crippen LogP contribution in [0, 0.1) is 0 Å². The van der Waals surface area contributed by atoms with Gasteiger partial charge in [-0.05, 0) is 63.2 Å². The van der Waals surface area contributed by atoms with Crippen molar-refractivity contribution >= 4 is 43.5 Å². The number of hydrogen-bond acceptors (Lipinski definition) is 7. The highest BCUT2D eigenvalue weighted by Crippen LogP contribution is 2.22. The second kappa shape index (κ2) is 9.63. The fourth-order valence-electron chi connectivity index (χ4n) is 2.90. The number of sulfonamides is 1. The van der Waals surface area contributed by atoms with E-state index in [2.05, 4.69) is 4.99 Å². The quantitative estimate of drug-likeness (QED) is 0.520. The number of rotatable bonds is 7. The maximum Gasteiger partial charge on any atom is 0.326 e. The molecule has 9 nitrogen and oxygen atoms in total. The van der Waals surface area contributed by atoms with E-state index in [-0.39, 0.29) is 29.0 Å². The molecule has 1 aromatic heterocycles. The van der Waals surface area contributed by atoms with Gasteiger partial charge in [0.05, 0.1) is 27.8 Å². The summed E-state index contributed by atoms with van der Waals surface area (Å²) in [6.45, 7) is 5.51. The summed E-state index contributed by atoms with van der Waals surface area (Å²) in [5.41, 5.74) is 0.870. The monoisotopic (exact) mass is 477 g/mol. The summed E-state index contributed by atoms with van der Waals surface area (Å²) in [6, 6.07) is 10.8. The molecule has 0 saturated heterocycles. The number of fused-ring (bicyclic) bond motifs is 1. The number of primary sulfonamides is 1. The summed E-state index contributed by atoms with van der Waals surface area (Å²) >= 11 is 1.07. The van der Waals surface area contributed by atoms with Crippen LogP contribution in [0.3, 0.4) is 0 Å². The van der Waals surface area contributed by atoms with Crippen LogP contribution < -0.4 is 14.7 Å². The van der Waals surface area contributed by atoms with Gasteiger partial charge in [0.15, 0.2) is 4.80 Å². The van der Waals surface area contributed by atoms with Crippen LogP contribution in [0.15, 0.2) is 52.4 Å². The molecule has 3 aromatic rings. The molecule has 1 heterocycles. The van der Waals surface area contributed by atoms with Gasteiger partial charge in [-0.2, -0.15) is 4.99 Å². The molecule has 0 radical (unpaired) electrons. The molecule has 0 atom stereocenters. The minimum Gasteiger partial charge on any atom is -0.491 e. The van der Waals surface area contributed by atoms with Gasteiger partial charge in [-0.3, -0.25) is 9.59 Å². The van der Waals surface area contributed by atoms with E-state index >= 15 is 0 Å². The van der Waals surface area contributed by atoms with E-state index in [1.54, 1.807) is 31.2 Å². The number of nitrogens with two attached hydrogens (primary N) is 1. The zero-order valence-electron chi connectivity index (χ0n) is 17.8. The summed E-state index contributed by atoms with van der Waals surface area (Å²) in [7, 11) is -3.91. The smallest absolute Gasteiger partial charge is 0.326 e. The van der Waals surface area contributed by atoms with E-state index in [9.17, 15) is 18.0 Å². The lowest BCUT2D eigenvalue weighted by Gasteiger charge is -2.09. The Balaban J connectivity index is 2.07. The van der Waals surface area contributed by atoms with Crippen LogP contribution in [0.5, 0.6) is 5.75 Å². The Hall–Kier alpha value is -3.02. The van der Waals surface area contributed by atoms with Crippen LogP contribution in [-0.2, 0) is 26.1 Å². The molecule has 11 heteroatoms. The van der Waals surface area contributed by atoms with Gasteiger partial charge in [0, 0.05) is 5.56 Å². The highest BCUT2D eigenvalue weighted by Gasteiger charge is 2.16. The Morgan fingerprint density at radius 3 is 2.44 bits per heavy atom. The first-order chi connectivity index (χ1) is 15.1. The maximum absolute atomic E-state index is 12.8. The number of ether oxygens (including phenoxy) is 2. The molecule has 0 aliphatic rings. The van der Waals surface area contributed by atoms with Gasteiger partial charge in [-0.1, -0.05) is 11.3 Å². The molecule has 0 aliphatic heterocycles. The third kappa shape index (κ3) is 5.61. The SMILES string of the molecule is CCOC(=O)Cn1c(=NC(=O)c2ccc(OC(C)C)cc2)sc2cc(S(N)(=O)=O)ccc21. The van der Waals surface area contributed by atoms with Crippen LogP contribution in [0.25, 0.3) is 10.2 Å². The molecule has 0 saturated carbocycles. The first-order valence-corrected chi connectivity index (χ1v) is 12.1. The van der Waals surface area contributed by atoms with Crippen LogP contribution in [0.2, 0.25) is 0 Å². The van der Waals surface area contributed by atoms with Crippen LogP contribution in [0.1, 0.15) is 31.1 Å². The standard InChI is InChI=1S/C21H23N3O6S2/c1-4-29-19(25)12-24-17-10-9-16(32(22,27)28)11-18(17)31-21(24)23-20(26)14-5-7-15(8-6-14)30-13(2)3/h5-11,13H,4,12H2,1-3H3,(H2,22,27,28). The lowest BCUT2D eigenvalue weighted by Crippen LogP contribution is -2.23. The first-order valence-electron chi connectivity index (χ1n) is 9.76. The molecule has 2 aromatic carbocycles. The van der Waals surface area contributed by atoms with E-state index in [1.807, 2.05) is 13.8 Å². The number of aromatic nitrogens is 1. The van der Waals surface area contributed by atoms with Gasteiger partial charge in [0.2, 0.25) is 10.0 Å². The molecular formula is C21H23N3O6S2. The second-order valence-electron chi connectivity index (χ2n) is 7.06. The van der Waals surface area contributed by atoms with E-state index in [1.165, 1.54) is 22.8 Å². The van der Waals surface area contributed by atoms with Gasteiger partial charge in [0.1, 0.15) is 12.3 Å². The van der Waals surface area contributed by atoms with E-state index < -0.39 is 21.9 Å². The molecule has 0 spiro atoms. The molecule has 0 aliphatic carbocycles. The number of nitrogens with zero attached hydrogens (tertiary/aromatic N) is 2.